The smallest absolute Gasteiger partial charge is 0.121 e. The molecule has 0 radical (unpaired) electrons. The summed E-state index contributed by atoms with van der Waals surface area (Å²) in [6, 6.07) is 5.94. The van der Waals surface area contributed by atoms with E-state index in [0.29, 0.717) is 0 Å². The van der Waals surface area contributed by atoms with Gasteiger partial charge in [0.05, 0.1) is 24.5 Å². The average Bonchev–Trinajstić information content (AvgIpc) is 2.84. The summed E-state index contributed by atoms with van der Waals surface area (Å²) in [5, 5.41) is 10.3. The molecule has 5 nitrogen and oxygen atoms in total. The van der Waals surface area contributed by atoms with Crippen molar-refractivity contribution < 1.29 is 9.84 Å². The van der Waals surface area contributed by atoms with Gasteiger partial charge in [-0.2, -0.15) is 0 Å². The normalized spacial score (nSPS) is 10.0. The summed E-state index contributed by atoms with van der Waals surface area (Å²) in [6.07, 6.45) is 1.88. The number of imidazole rings is 1. The number of hydrogen-bond donors (Lipinski definition) is 2. The highest BCUT2D eigenvalue weighted by Crippen LogP contribution is 2.19. The number of aliphatic hydroxyl groups is 1. The van der Waals surface area contributed by atoms with Crippen LogP contribution in [0.3, 0.4) is 0 Å². The molecule has 1 heterocycles. The maximum absolute atomic E-state index is 7.00. The number of methoxy groups -OCH3 is 1. The molecule has 1 aromatic heterocycles. The molecule has 100 valence electrons. The third kappa shape index (κ3) is 3.45. The molecule has 0 aliphatic carbocycles. The topological polar surface area (TPSA) is 59.3 Å². The number of nitrogens with one attached hydrogen (secondary N) is 1. The molecule has 0 saturated carbocycles. The molecule has 2 aromatic rings. The first-order valence-corrected chi connectivity index (χ1v) is 5.99. The summed E-state index contributed by atoms with van der Waals surface area (Å²) in [7, 11) is 2.68. The summed E-state index contributed by atoms with van der Waals surface area (Å²) in [6.45, 7) is 4.99. The van der Waals surface area contributed by atoms with Gasteiger partial charge in [0.2, 0.25) is 0 Å². The Kier molecular flexibility index (Phi) is 6.18. The van der Waals surface area contributed by atoms with Crippen molar-refractivity contribution in [3.63, 3.8) is 0 Å². The number of benzene rings is 1. The first-order chi connectivity index (χ1) is 8.85. The average molecular weight is 251 g/mol. The summed E-state index contributed by atoms with van der Waals surface area (Å²) in [5.41, 5.74) is 2.13. The molecule has 0 saturated heterocycles. The standard InChI is InChI=1S/C12H17N3O.CH4O/c1-3-13-6-7-15-9-14-11-5-4-10(16-2)8-12(11)15;1-2/h4-5,8-9,13H,3,6-7H2,1-2H3;2H,1H3. The van der Waals surface area contributed by atoms with Gasteiger partial charge in [0.15, 0.2) is 0 Å². The summed E-state index contributed by atoms with van der Waals surface area (Å²) < 4.78 is 7.35. The minimum Gasteiger partial charge on any atom is -0.497 e. The third-order valence-corrected chi connectivity index (χ3v) is 2.61. The summed E-state index contributed by atoms with van der Waals surface area (Å²) >= 11 is 0. The van der Waals surface area contributed by atoms with Crippen LogP contribution in [0, 0.1) is 0 Å². The zero-order chi connectivity index (χ0) is 13.4. The molecular weight excluding hydrogens is 230 g/mol. The number of aliphatic hydroxyl groups excluding tert-OH is 1. The van der Waals surface area contributed by atoms with Crippen LogP contribution in [0.4, 0.5) is 0 Å². The van der Waals surface area contributed by atoms with Crippen LogP contribution in [-0.2, 0) is 6.54 Å². The molecule has 0 spiro atoms. The van der Waals surface area contributed by atoms with Gasteiger partial charge < -0.3 is 19.7 Å². The molecule has 0 atom stereocenters. The van der Waals surface area contributed by atoms with E-state index in [-0.39, 0.29) is 0 Å². The van der Waals surface area contributed by atoms with Crippen molar-refractivity contribution in [3.8, 4) is 5.75 Å². The van der Waals surface area contributed by atoms with Gasteiger partial charge in [-0.3, -0.25) is 0 Å². The summed E-state index contributed by atoms with van der Waals surface area (Å²) in [4.78, 5) is 4.35. The zero-order valence-corrected chi connectivity index (χ0v) is 11.2. The lowest BCUT2D eigenvalue weighted by molar-refractivity contribution is 0.399. The van der Waals surface area contributed by atoms with Crippen LogP contribution in [0.2, 0.25) is 0 Å². The van der Waals surface area contributed by atoms with Crippen LogP contribution in [0.1, 0.15) is 6.92 Å². The lowest BCUT2D eigenvalue weighted by Crippen LogP contribution is -2.18. The molecule has 0 unspecified atom stereocenters. The van der Waals surface area contributed by atoms with Crippen molar-refractivity contribution in [2.45, 2.75) is 13.5 Å². The van der Waals surface area contributed by atoms with E-state index in [0.717, 1.165) is 43.5 Å². The molecule has 0 aliphatic heterocycles. The van der Waals surface area contributed by atoms with E-state index in [1.165, 1.54) is 0 Å². The van der Waals surface area contributed by atoms with Crippen molar-refractivity contribution in [3.05, 3.63) is 24.5 Å². The van der Waals surface area contributed by atoms with Gasteiger partial charge in [-0.1, -0.05) is 6.92 Å². The Morgan fingerprint density at radius 1 is 1.39 bits per heavy atom. The Bertz CT molecular complexity index is 468. The fourth-order valence-electron chi connectivity index (χ4n) is 1.72. The summed E-state index contributed by atoms with van der Waals surface area (Å²) in [5.74, 6) is 0.873. The van der Waals surface area contributed by atoms with Crippen molar-refractivity contribution in [1.82, 2.24) is 14.9 Å². The molecule has 1 aromatic carbocycles. The number of rotatable bonds is 5. The first-order valence-electron chi connectivity index (χ1n) is 5.99. The number of aromatic nitrogens is 2. The quantitative estimate of drug-likeness (QED) is 0.786. The van der Waals surface area contributed by atoms with E-state index < -0.39 is 0 Å². The van der Waals surface area contributed by atoms with Gasteiger partial charge in [-0.15, -0.1) is 0 Å². The highest BCUT2D eigenvalue weighted by atomic mass is 16.5. The monoisotopic (exact) mass is 251 g/mol. The minimum absolute atomic E-state index is 0.873. The second-order valence-electron chi connectivity index (χ2n) is 3.65. The van der Waals surface area contributed by atoms with E-state index in [1.54, 1.807) is 7.11 Å². The van der Waals surface area contributed by atoms with Crippen molar-refractivity contribution in [2.75, 3.05) is 27.3 Å². The van der Waals surface area contributed by atoms with Crippen LogP contribution in [0.5, 0.6) is 5.75 Å². The maximum atomic E-state index is 7.00. The Hall–Kier alpha value is -1.59. The SMILES string of the molecule is CCNCCn1cnc2ccc(OC)cc21.CO. The van der Waals surface area contributed by atoms with Gasteiger partial charge in [-0.25, -0.2) is 4.98 Å². The number of fused-ring (bicyclic) bond motifs is 1. The number of hydrogen-bond acceptors (Lipinski definition) is 4. The van der Waals surface area contributed by atoms with Crippen LogP contribution in [0.25, 0.3) is 11.0 Å². The molecule has 0 amide bonds. The van der Waals surface area contributed by atoms with Gasteiger partial charge >= 0.3 is 0 Å². The second kappa shape index (κ2) is 7.68. The van der Waals surface area contributed by atoms with Gasteiger partial charge in [0, 0.05) is 26.3 Å². The Morgan fingerprint density at radius 2 is 2.17 bits per heavy atom. The molecule has 5 heteroatoms. The number of likely N-dealkylation sites (N-methyl/N-ethyl adjacent to an activating group) is 1. The molecule has 18 heavy (non-hydrogen) atoms. The second-order valence-corrected chi connectivity index (χ2v) is 3.65. The fourth-order valence-corrected chi connectivity index (χ4v) is 1.72. The lowest BCUT2D eigenvalue weighted by atomic mass is 10.3. The van der Waals surface area contributed by atoms with Gasteiger partial charge in [0.1, 0.15) is 5.75 Å². The van der Waals surface area contributed by atoms with Crippen molar-refractivity contribution in [2.24, 2.45) is 0 Å². The predicted octanol–water partition coefficient (Wildman–Crippen LogP) is 1.26. The fraction of sp³-hybridized carbons (Fsp3) is 0.462. The number of ether oxygens (including phenoxy) is 1. The van der Waals surface area contributed by atoms with Crippen molar-refractivity contribution in [1.29, 1.82) is 0 Å². The zero-order valence-electron chi connectivity index (χ0n) is 11.2. The third-order valence-electron chi connectivity index (χ3n) is 2.61. The van der Waals surface area contributed by atoms with E-state index in [9.17, 15) is 0 Å². The van der Waals surface area contributed by atoms with E-state index in [2.05, 4.69) is 21.8 Å². The van der Waals surface area contributed by atoms with E-state index >= 15 is 0 Å². The van der Waals surface area contributed by atoms with E-state index in [1.807, 2.05) is 24.5 Å². The van der Waals surface area contributed by atoms with E-state index in [4.69, 9.17) is 9.84 Å². The van der Waals surface area contributed by atoms with Crippen LogP contribution in [0.15, 0.2) is 24.5 Å². The Morgan fingerprint density at radius 3 is 2.83 bits per heavy atom. The largest absolute Gasteiger partial charge is 0.497 e. The Labute approximate surface area is 107 Å². The molecule has 0 bridgehead atoms. The van der Waals surface area contributed by atoms with Crippen molar-refractivity contribution >= 4 is 11.0 Å². The highest BCUT2D eigenvalue weighted by molar-refractivity contribution is 5.77. The predicted molar refractivity (Wildman–Crippen MR) is 73.0 cm³/mol. The van der Waals surface area contributed by atoms with Crippen LogP contribution >= 0.6 is 0 Å². The van der Waals surface area contributed by atoms with Gasteiger partial charge in [-0.05, 0) is 18.7 Å². The molecular formula is C13H21N3O2. The lowest BCUT2D eigenvalue weighted by Gasteiger charge is -2.05. The highest BCUT2D eigenvalue weighted by Gasteiger charge is 2.03. The molecule has 2 rings (SSSR count). The minimum atomic E-state index is 0.873. The van der Waals surface area contributed by atoms with Crippen LogP contribution < -0.4 is 10.1 Å². The van der Waals surface area contributed by atoms with Crippen LogP contribution in [-0.4, -0.2) is 42.0 Å². The molecule has 2 N–H and O–H groups in total. The number of nitrogens with zero attached hydrogens (tertiary/aromatic N) is 2. The maximum Gasteiger partial charge on any atom is 0.121 e. The first kappa shape index (κ1) is 14.5. The Balaban J connectivity index is 0.000000771. The molecule has 0 aliphatic rings. The molecule has 0 fully saturated rings. The van der Waals surface area contributed by atoms with Gasteiger partial charge in [0.25, 0.3) is 0 Å².